The molecule has 0 bridgehead atoms. The van der Waals surface area contributed by atoms with Crippen LogP contribution < -0.4 is 10.6 Å². The van der Waals surface area contributed by atoms with Gasteiger partial charge in [0.2, 0.25) is 0 Å². The third-order valence-corrected chi connectivity index (χ3v) is 5.64. The number of phenolic OH excluding ortho intramolecular Hbond substituents is 1. The third kappa shape index (κ3) is 4.59. The van der Waals surface area contributed by atoms with Crippen LogP contribution in [0.4, 0.5) is 13.2 Å². The third-order valence-electron chi connectivity index (χ3n) is 4.29. The average molecular weight is 382 g/mol. The molecule has 142 valence electrons. The molecule has 0 fully saturated rings. The van der Waals surface area contributed by atoms with Crippen molar-refractivity contribution in [2.24, 2.45) is 0 Å². The molecule has 0 saturated heterocycles. The number of phenols is 1. The zero-order valence-corrected chi connectivity index (χ0v) is 17.0. The van der Waals surface area contributed by atoms with E-state index in [1.54, 1.807) is 6.07 Å². The Morgan fingerprint density at radius 2 is 1.35 bits per heavy atom. The van der Waals surface area contributed by atoms with E-state index in [-0.39, 0.29) is 30.5 Å². The van der Waals surface area contributed by atoms with Gasteiger partial charge in [-0.2, -0.15) is 13.2 Å². The molecular formula is C21H26F3OP. The van der Waals surface area contributed by atoms with Crippen molar-refractivity contribution in [3.63, 3.8) is 0 Å². The summed E-state index contributed by atoms with van der Waals surface area (Å²) in [4.78, 5) is 0. The first-order valence-electron chi connectivity index (χ1n) is 8.52. The van der Waals surface area contributed by atoms with Crippen molar-refractivity contribution in [1.82, 2.24) is 0 Å². The van der Waals surface area contributed by atoms with Crippen LogP contribution in [0.2, 0.25) is 0 Å². The predicted molar refractivity (Wildman–Crippen MR) is 105 cm³/mol. The van der Waals surface area contributed by atoms with Crippen LogP contribution in [-0.2, 0) is 17.0 Å². The number of halogens is 3. The van der Waals surface area contributed by atoms with E-state index in [1.165, 1.54) is 12.1 Å². The van der Waals surface area contributed by atoms with Crippen molar-refractivity contribution in [2.45, 2.75) is 58.5 Å². The Morgan fingerprint density at radius 1 is 0.769 bits per heavy atom. The molecule has 1 atom stereocenters. The molecule has 2 aromatic carbocycles. The minimum absolute atomic E-state index is 0.0980. The molecule has 1 nitrogen and oxygen atoms in total. The van der Waals surface area contributed by atoms with E-state index in [9.17, 15) is 18.3 Å². The van der Waals surface area contributed by atoms with E-state index in [0.29, 0.717) is 5.30 Å². The first-order chi connectivity index (χ1) is 11.7. The van der Waals surface area contributed by atoms with Crippen molar-refractivity contribution >= 4 is 19.2 Å². The van der Waals surface area contributed by atoms with Crippen LogP contribution in [0.25, 0.3) is 0 Å². The fourth-order valence-electron chi connectivity index (χ4n) is 2.72. The van der Waals surface area contributed by atoms with Crippen LogP contribution in [-0.4, -0.2) is 5.11 Å². The summed E-state index contributed by atoms with van der Waals surface area (Å²) in [5.41, 5.74) is 0.644. The van der Waals surface area contributed by atoms with E-state index in [2.05, 4.69) is 20.8 Å². The Morgan fingerprint density at radius 3 is 1.85 bits per heavy atom. The lowest BCUT2D eigenvalue weighted by Crippen LogP contribution is -2.22. The van der Waals surface area contributed by atoms with Gasteiger partial charge in [0.15, 0.2) is 0 Å². The van der Waals surface area contributed by atoms with Crippen molar-refractivity contribution < 1.29 is 18.3 Å². The minimum Gasteiger partial charge on any atom is -0.507 e. The second-order valence-electron chi connectivity index (χ2n) is 8.59. The lowest BCUT2D eigenvalue weighted by Gasteiger charge is -2.27. The van der Waals surface area contributed by atoms with Crippen molar-refractivity contribution in [1.29, 1.82) is 0 Å². The molecule has 0 heterocycles. The van der Waals surface area contributed by atoms with Gasteiger partial charge in [0.05, 0.1) is 5.56 Å². The van der Waals surface area contributed by atoms with Gasteiger partial charge in [-0.3, -0.25) is 0 Å². The van der Waals surface area contributed by atoms with Gasteiger partial charge in [-0.25, -0.2) is 0 Å². The largest absolute Gasteiger partial charge is 0.507 e. The molecule has 1 unspecified atom stereocenters. The molecule has 0 aliphatic heterocycles. The summed E-state index contributed by atoms with van der Waals surface area (Å²) in [6.45, 7) is 12.1. The zero-order valence-electron chi connectivity index (χ0n) is 16.0. The lowest BCUT2D eigenvalue weighted by molar-refractivity contribution is -0.136. The highest BCUT2D eigenvalue weighted by atomic mass is 31.1. The van der Waals surface area contributed by atoms with Gasteiger partial charge in [0, 0.05) is 10.9 Å². The van der Waals surface area contributed by atoms with Gasteiger partial charge in [-0.05, 0) is 33.8 Å². The number of aromatic hydroxyl groups is 1. The lowest BCUT2D eigenvalue weighted by atomic mass is 9.80. The topological polar surface area (TPSA) is 20.2 Å². The molecule has 0 saturated carbocycles. The zero-order chi connectivity index (χ0) is 19.9. The van der Waals surface area contributed by atoms with Crippen LogP contribution in [0.15, 0.2) is 36.4 Å². The van der Waals surface area contributed by atoms with E-state index in [0.717, 1.165) is 17.2 Å². The van der Waals surface area contributed by atoms with E-state index >= 15 is 0 Å². The normalized spacial score (nSPS) is 13.6. The fraction of sp³-hybridized carbons (Fsp3) is 0.429. The summed E-state index contributed by atoms with van der Waals surface area (Å²) >= 11 is 0. The molecule has 0 amide bonds. The second kappa shape index (κ2) is 6.88. The summed E-state index contributed by atoms with van der Waals surface area (Å²) in [5.74, 6) is 0.0980. The summed E-state index contributed by atoms with van der Waals surface area (Å²) in [6, 6.07) is 9.39. The maximum absolute atomic E-state index is 13.3. The Labute approximate surface area is 155 Å². The number of benzene rings is 2. The first kappa shape index (κ1) is 20.8. The molecule has 26 heavy (non-hydrogen) atoms. The summed E-state index contributed by atoms with van der Waals surface area (Å²) < 4.78 is 40.0. The van der Waals surface area contributed by atoms with Gasteiger partial charge >= 0.3 is 6.18 Å². The molecule has 1 N–H and O–H groups in total. The van der Waals surface area contributed by atoms with Gasteiger partial charge in [0.1, 0.15) is 5.75 Å². The maximum atomic E-state index is 13.3. The fourth-order valence-corrected chi connectivity index (χ4v) is 4.03. The van der Waals surface area contributed by atoms with Crippen LogP contribution >= 0.6 is 8.58 Å². The molecule has 0 aliphatic carbocycles. The molecule has 0 aliphatic rings. The van der Waals surface area contributed by atoms with Crippen molar-refractivity contribution in [2.75, 3.05) is 0 Å². The highest BCUT2D eigenvalue weighted by Crippen LogP contribution is 2.38. The molecule has 0 radical (unpaired) electrons. The Kier molecular flexibility index (Phi) is 5.50. The molecule has 2 aromatic rings. The molecule has 0 aromatic heterocycles. The molecule has 0 spiro atoms. The quantitative estimate of drug-likeness (QED) is 0.667. The Bertz CT molecular complexity index is 796. The number of alkyl halides is 3. The molecule has 5 heteroatoms. The average Bonchev–Trinajstić information content (AvgIpc) is 2.46. The smallest absolute Gasteiger partial charge is 0.417 e. The first-order valence-corrected chi connectivity index (χ1v) is 9.52. The van der Waals surface area contributed by atoms with Gasteiger partial charge in [0.25, 0.3) is 0 Å². The minimum atomic E-state index is -4.41. The monoisotopic (exact) mass is 382 g/mol. The van der Waals surface area contributed by atoms with Crippen LogP contribution in [0.5, 0.6) is 5.75 Å². The van der Waals surface area contributed by atoms with Gasteiger partial charge in [-0.1, -0.05) is 74.4 Å². The number of hydrogen-bond donors (Lipinski definition) is 1. The summed E-state index contributed by atoms with van der Waals surface area (Å²) in [6.07, 6.45) is -4.41. The van der Waals surface area contributed by atoms with Gasteiger partial charge in [-0.15, -0.1) is 0 Å². The molecule has 2 rings (SSSR count). The van der Waals surface area contributed by atoms with Crippen LogP contribution in [0, 0.1) is 0 Å². The highest BCUT2D eigenvalue weighted by Gasteiger charge is 2.33. The summed E-state index contributed by atoms with van der Waals surface area (Å²) in [5, 5.41) is 11.5. The Balaban J connectivity index is 2.64. The van der Waals surface area contributed by atoms with Gasteiger partial charge < -0.3 is 5.11 Å². The van der Waals surface area contributed by atoms with E-state index < -0.39 is 11.7 Å². The Hall–Kier alpha value is -1.54. The number of rotatable bonds is 2. The predicted octanol–water partition coefficient (Wildman–Crippen LogP) is 5.64. The van der Waals surface area contributed by atoms with Crippen molar-refractivity contribution in [3.8, 4) is 5.75 Å². The highest BCUT2D eigenvalue weighted by molar-refractivity contribution is 7.55. The number of hydrogen-bond acceptors (Lipinski definition) is 1. The molecular weight excluding hydrogens is 356 g/mol. The van der Waals surface area contributed by atoms with Crippen LogP contribution in [0.3, 0.4) is 0 Å². The standard InChI is InChI=1S/C21H26F3OP/c1-19(2,3)13-11-15(20(4,5)6)18(25)17(12-13)26-16-10-8-7-9-14(16)21(22,23)24/h7-12,25-26H,1-6H3. The summed E-state index contributed by atoms with van der Waals surface area (Å²) in [7, 11) is -0.271. The van der Waals surface area contributed by atoms with Crippen LogP contribution in [0.1, 0.15) is 58.2 Å². The van der Waals surface area contributed by atoms with E-state index in [1.807, 2.05) is 32.9 Å². The second-order valence-corrected chi connectivity index (χ2v) is 9.92. The van der Waals surface area contributed by atoms with E-state index in [4.69, 9.17) is 0 Å². The SMILES string of the molecule is CC(C)(C)c1cc(Pc2ccccc2C(F)(F)F)c(O)c(C(C)(C)C)c1. The maximum Gasteiger partial charge on any atom is 0.417 e. The van der Waals surface area contributed by atoms with Crippen molar-refractivity contribution in [3.05, 3.63) is 53.1 Å².